The predicted molar refractivity (Wildman–Crippen MR) is 268 cm³/mol. The standard InChI is InChI=1S/C52H79N7O12/c1-9-30-69-50(67)55-29-14-12-18-39(53)45(62)56-33-34-20-24-37(25-21-34)44(61)57-42(32-35-22-23-36-16-10-11-17-38(36)31-35)46(63)54-28-15-13-19-40(47(64)68-8)58-49(66)59-41(48(65)71-52(5,6)7)26-27-43(60)70-51(2,3)4/h9-11,16-17,22-23,31,34,37,39-42H,1,12-15,18-21,24-30,32-33,53H2,2-8H3,(H,54,63)(H,55,67)(H,56,62)(H,57,61)(H2,58,59,66). The van der Waals surface area contributed by atoms with E-state index in [9.17, 15) is 38.4 Å². The maximum absolute atomic E-state index is 13.8. The number of ether oxygens (including phenoxy) is 4. The molecule has 0 aliphatic heterocycles. The third-order valence-corrected chi connectivity index (χ3v) is 11.6. The molecule has 71 heavy (non-hydrogen) atoms. The molecule has 0 radical (unpaired) electrons. The Kier molecular flexibility index (Phi) is 24.8. The Morgan fingerprint density at radius 2 is 1.32 bits per heavy atom. The minimum atomic E-state index is -1.22. The number of methoxy groups -OCH3 is 1. The van der Waals surface area contributed by atoms with Crippen LogP contribution in [-0.2, 0) is 54.1 Å². The van der Waals surface area contributed by atoms with Crippen molar-refractivity contribution in [1.29, 1.82) is 0 Å². The molecular weight excluding hydrogens is 915 g/mol. The van der Waals surface area contributed by atoms with Crippen LogP contribution in [0.15, 0.2) is 55.1 Å². The number of hydrogen-bond donors (Lipinski definition) is 7. The smallest absolute Gasteiger partial charge is 0.407 e. The predicted octanol–water partition coefficient (Wildman–Crippen LogP) is 5.16. The molecule has 0 spiro atoms. The summed E-state index contributed by atoms with van der Waals surface area (Å²) in [6.07, 6.45) is 6.20. The number of nitrogens with two attached hydrogens (primary N) is 1. The summed E-state index contributed by atoms with van der Waals surface area (Å²) in [5.41, 5.74) is 5.38. The molecule has 6 amide bonds. The molecule has 3 rings (SSSR count). The molecule has 2 aromatic carbocycles. The van der Waals surface area contributed by atoms with Gasteiger partial charge in [-0.25, -0.2) is 19.2 Å². The number of carbonyl (C=O) groups is 8. The van der Waals surface area contributed by atoms with Gasteiger partial charge < -0.3 is 56.6 Å². The summed E-state index contributed by atoms with van der Waals surface area (Å²) in [5.74, 6) is -3.01. The zero-order chi connectivity index (χ0) is 52.6. The number of urea groups is 1. The monoisotopic (exact) mass is 994 g/mol. The van der Waals surface area contributed by atoms with Crippen LogP contribution < -0.4 is 37.6 Å². The molecule has 394 valence electrons. The highest BCUT2D eigenvalue weighted by Gasteiger charge is 2.32. The summed E-state index contributed by atoms with van der Waals surface area (Å²) in [4.78, 5) is 103. The molecule has 4 atom stereocenters. The fraction of sp³-hybridized carbons (Fsp3) is 0.615. The normalized spacial score (nSPS) is 16.4. The molecule has 1 aliphatic carbocycles. The fourth-order valence-electron chi connectivity index (χ4n) is 7.94. The Labute approximate surface area is 418 Å². The van der Waals surface area contributed by atoms with Gasteiger partial charge in [0.15, 0.2) is 0 Å². The van der Waals surface area contributed by atoms with E-state index >= 15 is 0 Å². The second kappa shape index (κ2) is 29.8. The molecule has 0 heterocycles. The second-order valence-corrected chi connectivity index (χ2v) is 20.0. The summed E-state index contributed by atoms with van der Waals surface area (Å²) in [6.45, 7) is 14.9. The summed E-state index contributed by atoms with van der Waals surface area (Å²) in [7, 11) is 1.19. The van der Waals surface area contributed by atoms with Crippen molar-refractivity contribution in [1.82, 2.24) is 31.9 Å². The van der Waals surface area contributed by atoms with E-state index in [0.717, 1.165) is 16.3 Å². The lowest BCUT2D eigenvalue weighted by molar-refractivity contribution is -0.158. The number of fused-ring (bicyclic) bond motifs is 1. The summed E-state index contributed by atoms with van der Waals surface area (Å²) in [5, 5.41) is 18.7. The third-order valence-electron chi connectivity index (χ3n) is 11.6. The average Bonchev–Trinajstić information content (AvgIpc) is 3.31. The number of hydrogen-bond acceptors (Lipinski definition) is 13. The van der Waals surface area contributed by atoms with Crippen LogP contribution in [0.2, 0.25) is 0 Å². The van der Waals surface area contributed by atoms with Crippen molar-refractivity contribution in [2.75, 3.05) is 33.4 Å². The van der Waals surface area contributed by atoms with Crippen molar-refractivity contribution in [3.05, 3.63) is 60.7 Å². The highest BCUT2D eigenvalue weighted by Crippen LogP contribution is 2.29. The molecule has 4 unspecified atom stereocenters. The summed E-state index contributed by atoms with van der Waals surface area (Å²) < 4.78 is 20.6. The number of amides is 6. The van der Waals surface area contributed by atoms with Gasteiger partial charge in [-0.2, -0.15) is 0 Å². The molecule has 1 fully saturated rings. The first kappa shape index (κ1) is 59.1. The molecule has 19 heteroatoms. The van der Waals surface area contributed by atoms with Gasteiger partial charge in [0.1, 0.15) is 35.9 Å². The van der Waals surface area contributed by atoms with Gasteiger partial charge in [-0.05, 0) is 134 Å². The first-order valence-electron chi connectivity index (χ1n) is 24.8. The number of benzene rings is 2. The SMILES string of the molecule is C=CCOC(=O)NCCCCC(N)C(=O)NCC1CCC(C(=O)NC(Cc2ccc3ccccc3c2)C(=O)NCCCCC(NC(=O)NC(CCC(=O)OC(C)(C)C)C(=O)OC(C)(C)C)C(=O)OC)CC1. The molecule has 1 aliphatic rings. The van der Waals surface area contributed by atoms with E-state index in [2.05, 4.69) is 38.5 Å². The van der Waals surface area contributed by atoms with Crippen LogP contribution in [0.5, 0.6) is 0 Å². The van der Waals surface area contributed by atoms with Crippen molar-refractivity contribution in [2.24, 2.45) is 17.6 Å². The molecule has 8 N–H and O–H groups in total. The number of esters is 3. The van der Waals surface area contributed by atoms with Crippen molar-refractivity contribution >= 4 is 58.5 Å². The second-order valence-electron chi connectivity index (χ2n) is 20.0. The van der Waals surface area contributed by atoms with E-state index < -0.39 is 65.4 Å². The number of nitrogens with one attached hydrogen (secondary N) is 6. The van der Waals surface area contributed by atoms with Crippen molar-refractivity contribution in [3.63, 3.8) is 0 Å². The Balaban J connectivity index is 1.54. The fourth-order valence-corrected chi connectivity index (χ4v) is 7.94. The Hall–Kier alpha value is -6.24. The average molecular weight is 994 g/mol. The van der Waals surface area contributed by atoms with E-state index in [1.165, 1.54) is 13.2 Å². The van der Waals surface area contributed by atoms with Crippen LogP contribution in [-0.4, -0.2) is 116 Å². The first-order chi connectivity index (χ1) is 33.6. The minimum Gasteiger partial charge on any atom is -0.467 e. The topological polar surface area (TPSA) is 272 Å². The Morgan fingerprint density at radius 3 is 1.96 bits per heavy atom. The lowest BCUT2D eigenvalue weighted by Gasteiger charge is -2.29. The number of unbranched alkanes of at least 4 members (excludes halogenated alkanes) is 2. The van der Waals surface area contributed by atoms with E-state index in [1.54, 1.807) is 41.5 Å². The van der Waals surface area contributed by atoms with Crippen LogP contribution in [0.3, 0.4) is 0 Å². The molecular formula is C52H79N7O12. The number of alkyl carbamates (subject to hydrolysis) is 1. The van der Waals surface area contributed by atoms with Gasteiger partial charge in [-0.3, -0.25) is 19.2 Å². The Bertz CT molecular complexity index is 2090. The van der Waals surface area contributed by atoms with Gasteiger partial charge in [-0.15, -0.1) is 0 Å². The zero-order valence-electron chi connectivity index (χ0n) is 42.8. The van der Waals surface area contributed by atoms with Gasteiger partial charge in [0.05, 0.1) is 13.2 Å². The van der Waals surface area contributed by atoms with Crippen LogP contribution in [0.4, 0.5) is 9.59 Å². The molecule has 1 saturated carbocycles. The molecule has 2 aromatic rings. The lowest BCUT2D eigenvalue weighted by Crippen LogP contribution is -2.52. The third kappa shape index (κ3) is 23.5. The highest BCUT2D eigenvalue weighted by atomic mass is 16.6. The van der Waals surface area contributed by atoms with Crippen molar-refractivity contribution < 1.29 is 57.3 Å². The van der Waals surface area contributed by atoms with Crippen LogP contribution in [0.1, 0.15) is 124 Å². The number of rotatable bonds is 27. The van der Waals surface area contributed by atoms with E-state index in [4.69, 9.17) is 24.7 Å². The van der Waals surface area contributed by atoms with Crippen LogP contribution >= 0.6 is 0 Å². The van der Waals surface area contributed by atoms with Gasteiger partial charge in [-0.1, -0.05) is 55.1 Å². The van der Waals surface area contributed by atoms with E-state index in [0.29, 0.717) is 70.9 Å². The minimum absolute atomic E-state index is 0.109. The van der Waals surface area contributed by atoms with Crippen molar-refractivity contribution in [2.45, 2.75) is 160 Å². The van der Waals surface area contributed by atoms with Gasteiger partial charge >= 0.3 is 30.0 Å². The van der Waals surface area contributed by atoms with Crippen LogP contribution in [0, 0.1) is 11.8 Å². The largest absolute Gasteiger partial charge is 0.467 e. The van der Waals surface area contributed by atoms with Gasteiger partial charge in [0.2, 0.25) is 17.7 Å². The maximum Gasteiger partial charge on any atom is 0.407 e. The van der Waals surface area contributed by atoms with Gasteiger partial charge in [0.25, 0.3) is 0 Å². The maximum atomic E-state index is 13.8. The zero-order valence-corrected chi connectivity index (χ0v) is 42.8. The van der Waals surface area contributed by atoms with Crippen LogP contribution in [0.25, 0.3) is 10.8 Å². The summed E-state index contributed by atoms with van der Waals surface area (Å²) >= 11 is 0. The molecule has 0 bridgehead atoms. The van der Waals surface area contributed by atoms with Crippen molar-refractivity contribution in [3.8, 4) is 0 Å². The highest BCUT2D eigenvalue weighted by molar-refractivity contribution is 5.90. The molecule has 19 nitrogen and oxygen atoms in total. The molecule has 0 aromatic heterocycles. The quantitative estimate of drug-likeness (QED) is 0.0264. The number of carbonyl (C=O) groups excluding carboxylic acids is 8. The first-order valence-corrected chi connectivity index (χ1v) is 24.8. The van der Waals surface area contributed by atoms with E-state index in [-0.39, 0.29) is 68.4 Å². The molecule has 0 saturated heterocycles. The van der Waals surface area contributed by atoms with Gasteiger partial charge in [0, 0.05) is 38.4 Å². The van der Waals surface area contributed by atoms with E-state index in [1.807, 2.05) is 42.5 Å². The lowest BCUT2D eigenvalue weighted by atomic mass is 9.81. The Morgan fingerprint density at radius 1 is 0.704 bits per heavy atom. The summed E-state index contributed by atoms with van der Waals surface area (Å²) in [6, 6.07) is 9.06.